The third-order valence-corrected chi connectivity index (χ3v) is 2.13. The van der Waals surface area contributed by atoms with Crippen molar-refractivity contribution >= 4 is 11.6 Å². The van der Waals surface area contributed by atoms with E-state index in [2.05, 4.69) is 0 Å². The van der Waals surface area contributed by atoms with Crippen LogP contribution in [0.4, 0.5) is 0 Å². The summed E-state index contributed by atoms with van der Waals surface area (Å²) in [6, 6.07) is 5.09. The quantitative estimate of drug-likeness (QED) is 0.758. The summed E-state index contributed by atoms with van der Waals surface area (Å²) in [6.07, 6.45) is 4.36. The number of phenolic OH excluding ortho intramolecular Hbond substituents is 1. The number of rotatable bonds is 2. The molecule has 0 heterocycles. The number of aromatic hydroxyl groups is 1. The Kier molecular flexibility index (Phi) is 3.55. The van der Waals surface area contributed by atoms with Crippen molar-refractivity contribution in [1.82, 2.24) is 0 Å². The van der Waals surface area contributed by atoms with Gasteiger partial charge in [0.05, 0.1) is 16.7 Å². The van der Waals surface area contributed by atoms with Crippen molar-refractivity contribution in [3.63, 3.8) is 0 Å². The zero-order chi connectivity index (χ0) is 10.6. The van der Waals surface area contributed by atoms with Gasteiger partial charge in [-0.2, -0.15) is 5.26 Å². The second kappa shape index (κ2) is 4.69. The van der Waals surface area contributed by atoms with Crippen LogP contribution < -0.4 is 0 Å². The molecule has 0 unspecified atom stereocenters. The molecule has 0 bridgehead atoms. The summed E-state index contributed by atoms with van der Waals surface area (Å²) in [5.41, 5.74) is 1.14. The molecular formula is C11H10ClNO. The molecular weight excluding hydrogens is 198 g/mol. The Bertz CT molecular complexity index is 404. The predicted molar refractivity (Wildman–Crippen MR) is 56.3 cm³/mol. The molecule has 0 amide bonds. The van der Waals surface area contributed by atoms with E-state index in [1.807, 2.05) is 25.1 Å². The Balaban J connectivity index is 3.15. The number of nitrogens with zero attached hydrogens (tertiary/aromatic N) is 1. The van der Waals surface area contributed by atoms with Gasteiger partial charge in [-0.1, -0.05) is 23.8 Å². The van der Waals surface area contributed by atoms with E-state index in [1.165, 1.54) is 6.07 Å². The van der Waals surface area contributed by atoms with Crippen LogP contribution in [0.15, 0.2) is 24.3 Å². The van der Waals surface area contributed by atoms with Crippen LogP contribution in [0.1, 0.15) is 18.1 Å². The summed E-state index contributed by atoms with van der Waals surface area (Å²) in [4.78, 5) is 0. The lowest BCUT2D eigenvalue weighted by Gasteiger charge is -2.04. The van der Waals surface area contributed by atoms with E-state index in [0.29, 0.717) is 17.5 Å². The highest BCUT2D eigenvalue weighted by atomic mass is 35.5. The molecule has 0 aliphatic heterocycles. The first kappa shape index (κ1) is 10.6. The van der Waals surface area contributed by atoms with Gasteiger partial charge in [0.25, 0.3) is 0 Å². The van der Waals surface area contributed by atoms with Gasteiger partial charge < -0.3 is 5.11 Å². The van der Waals surface area contributed by atoms with Gasteiger partial charge >= 0.3 is 0 Å². The molecule has 0 spiro atoms. The van der Waals surface area contributed by atoms with E-state index in [0.717, 1.165) is 0 Å². The minimum absolute atomic E-state index is 0.0590. The van der Waals surface area contributed by atoms with Gasteiger partial charge in [-0.15, -0.1) is 0 Å². The van der Waals surface area contributed by atoms with Gasteiger partial charge in [0.15, 0.2) is 0 Å². The highest BCUT2D eigenvalue weighted by Gasteiger charge is 2.06. The molecule has 0 saturated carbocycles. The fourth-order valence-electron chi connectivity index (χ4n) is 1.12. The highest BCUT2D eigenvalue weighted by molar-refractivity contribution is 6.32. The largest absolute Gasteiger partial charge is 0.506 e. The van der Waals surface area contributed by atoms with E-state index >= 15 is 0 Å². The molecule has 1 aromatic carbocycles. The first-order valence-electron chi connectivity index (χ1n) is 4.21. The average molecular weight is 208 g/mol. The molecule has 0 radical (unpaired) electrons. The third kappa shape index (κ3) is 2.27. The fraction of sp³-hybridized carbons (Fsp3) is 0.182. The zero-order valence-electron chi connectivity index (χ0n) is 7.79. The van der Waals surface area contributed by atoms with Crippen molar-refractivity contribution in [1.29, 1.82) is 5.26 Å². The van der Waals surface area contributed by atoms with Crippen LogP contribution >= 0.6 is 11.6 Å². The first-order valence-corrected chi connectivity index (χ1v) is 4.59. The van der Waals surface area contributed by atoms with Crippen LogP contribution in [0.5, 0.6) is 5.75 Å². The van der Waals surface area contributed by atoms with Gasteiger partial charge in [-0.3, -0.25) is 0 Å². The number of halogens is 1. The summed E-state index contributed by atoms with van der Waals surface area (Å²) in [5, 5.41) is 18.5. The van der Waals surface area contributed by atoms with Crippen LogP contribution in [0.25, 0.3) is 0 Å². The standard InChI is InChI=1S/C11H10ClNO/c1-2-3-4-9-5-8(7-13)6-10(12)11(9)14/h2-3,5-6,14H,4H2,1H3. The molecule has 72 valence electrons. The Morgan fingerprint density at radius 2 is 2.29 bits per heavy atom. The van der Waals surface area contributed by atoms with Crippen LogP contribution in [0.2, 0.25) is 5.02 Å². The molecule has 0 fully saturated rings. The van der Waals surface area contributed by atoms with E-state index in [1.54, 1.807) is 6.07 Å². The number of hydrogen-bond donors (Lipinski definition) is 1. The summed E-state index contributed by atoms with van der Waals surface area (Å²) >= 11 is 5.75. The highest BCUT2D eigenvalue weighted by Crippen LogP contribution is 2.29. The number of nitriles is 1. The number of benzene rings is 1. The van der Waals surface area contributed by atoms with E-state index in [9.17, 15) is 5.11 Å². The summed E-state index contributed by atoms with van der Waals surface area (Å²) < 4.78 is 0. The number of hydrogen-bond acceptors (Lipinski definition) is 2. The predicted octanol–water partition coefficient (Wildman–Crippen LogP) is 3.04. The smallest absolute Gasteiger partial charge is 0.137 e. The third-order valence-electron chi connectivity index (χ3n) is 1.84. The Morgan fingerprint density at radius 3 is 2.86 bits per heavy atom. The molecule has 0 aromatic heterocycles. The Hall–Kier alpha value is -1.46. The topological polar surface area (TPSA) is 44.0 Å². The summed E-state index contributed by atoms with van der Waals surface area (Å²) in [5.74, 6) is 0.0590. The maximum absolute atomic E-state index is 9.57. The first-order chi connectivity index (χ1) is 6.69. The van der Waals surface area contributed by atoms with Crippen molar-refractivity contribution < 1.29 is 5.11 Å². The molecule has 2 nitrogen and oxygen atoms in total. The van der Waals surface area contributed by atoms with Crippen molar-refractivity contribution in [2.75, 3.05) is 0 Å². The van der Waals surface area contributed by atoms with Crippen LogP contribution in [0, 0.1) is 11.3 Å². The fourth-order valence-corrected chi connectivity index (χ4v) is 1.36. The maximum atomic E-state index is 9.57. The molecule has 1 N–H and O–H groups in total. The second-order valence-corrected chi connectivity index (χ2v) is 3.26. The van der Waals surface area contributed by atoms with Crippen LogP contribution in [-0.4, -0.2) is 5.11 Å². The lowest BCUT2D eigenvalue weighted by molar-refractivity contribution is 0.470. The number of phenols is 1. The molecule has 1 rings (SSSR count). The zero-order valence-corrected chi connectivity index (χ0v) is 8.54. The van der Waals surface area contributed by atoms with E-state index in [4.69, 9.17) is 16.9 Å². The Morgan fingerprint density at radius 1 is 1.57 bits per heavy atom. The lowest BCUT2D eigenvalue weighted by atomic mass is 10.1. The minimum atomic E-state index is 0.0590. The Labute approximate surface area is 88.1 Å². The van der Waals surface area contributed by atoms with Gasteiger partial charge in [0, 0.05) is 5.56 Å². The second-order valence-electron chi connectivity index (χ2n) is 2.85. The van der Waals surface area contributed by atoms with E-state index < -0.39 is 0 Å². The molecule has 0 aliphatic rings. The van der Waals surface area contributed by atoms with E-state index in [-0.39, 0.29) is 10.8 Å². The molecule has 1 aromatic rings. The van der Waals surface area contributed by atoms with Crippen LogP contribution in [0.3, 0.4) is 0 Å². The maximum Gasteiger partial charge on any atom is 0.137 e. The van der Waals surface area contributed by atoms with Crippen molar-refractivity contribution in [3.8, 4) is 11.8 Å². The summed E-state index contributed by atoms with van der Waals surface area (Å²) in [7, 11) is 0. The van der Waals surface area contributed by atoms with Crippen LogP contribution in [-0.2, 0) is 6.42 Å². The normalized spacial score (nSPS) is 10.4. The average Bonchev–Trinajstić information content (AvgIpc) is 2.20. The van der Waals surface area contributed by atoms with Gasteiger partial charge in [0.2, 0.25) is 0 Å². The molecule has 0 atom stereocenters. The minimum Gasteiger partial charge on any atom is -0.506 e. The van der Waals surface area contributed by atoms with Crippen molar-refractivity contribution in [2.24, 2.45) is 0 Å². The molecule has 0 aliphatic carbocycles. The van der Waals surface area contributed by atoms with Crippen molar-refractivity contribution in [2.45, 2.75) is 13.3 Å². The SMILES string of the molecule is CC=CCc1cc(C#N)cc(Cl)c1O. The van der Waals surface area contributed by atoms with Crippen molar-refractivity contribution in [3.05, 3.63) is 40.4 Å². The molecule has 3 heteroatoms. The van der Waals surface area contributed by atoms with Gasteiger partial charge in [-0.25, -0.2) is 0 Å². The molecule has 0 saturated heterocycles. The summed E-state index contributed by atoms with van der Waals surface area (Å²) in [6.45, 7) is 1.90. The number of allylic oxidation sites excluding steroid dienone is 2. The molecule has 14 heavy (non-hydrogen) atoms. The van der Waals surface area contributed by atoms with Gasteiger partial charge in [-0.05, 0) is 25.5 Å². The lowest BCUT2D eigenvalue weighted by Crippen LogP contribution is -1.86. The van der Waals surface area contributed by atoms with Gasteiger partial charge in [0.1, 0.15) is 5.75 Å². The monoisotopic (exact) mass is 207 g/mol.